The first-order chi connectivity index (χ1) is 10.8. The third kappa shape index (κ3) is 3.87. The average molecular weight is 324 g/mol. The number of anilines is 4. The topological polar surface area (TPSA) is 88.2 Å². The molecule has 0 aliphatic heterocycles. The lowest BCUT2D eigenvalue weighted by Crippen LogP contribution is -2.12. The van der Waals surface area contributed by atoms with Gasteiger partial charge >= 0.3 is 6.18 Å². The molecule has 0 radical (unpaired) electrons. The van der Waals surface area contributed by atoms with Crippen molar-refractivity contribution in [2.24, 2.45) is 4.99 Å². The van der Waals surface area contributed by atoms with Crippen LogP contribution < -0.4 is 16.4 Å². The molecule has 122 valence electrons. The summed E-state index contributed by atoms with van der Waals surface area (Å²) in [6.07, 6.45) is -2.22. The number of nitrogens with two attached hydrogens (primary N) is 1. The van der Waals surface area contributed by atoms with E-state index < -0.39 is 11.7 Å². The van der Waals surface area contributed by atoms with E-state index in [0.717, 1.165) is 6.20 Å². The van der Waals surface area contributed by atoms with Gasteiger partial charge in [0.1, 0.15) is 11.4 Å². The Morgan fingerprint density at radius 2 is 2.04 bits per heavy atom. The summed E-state index contributed by atoms with van der Waals surface area (Å²) in [4.78, 5) is 11.4. The highest BCUT2D eigenvalue weighted by molar-refractivity contribution is 5.88. The summed E-state index contributed by atoms with van der Waals surface area (Å²) in [7, 11) is 2.97. The second-order valence-electron chi connectivity index (χ2n) is 4.56. The monoisotopic (exact) mass is 324 g/mol. The summed E-state index contributed by atoms with van der Waals surface area (Å²) in [5.74, 6) is -0.271. The van der Waals surface area contributed by atoms with E-state index in [-0.39, 0.29) is 11.8 Å². The molecule has 0 spiro atoms. The number of nitrogens with zero attached hydrogens (tertiary/aromatic N) is 3. The van der Waals surface area contributed by atoms with Crippen LogP contribution in [0.25, 0.3) is 0 Å². The van der Waals surface area contributed by atoms with Gasteiger partial charge in [-0.05, 0) is 18.2 Å². The van der Waals surface area contributed by atoms with Crippen molar-refractivity contribution in [1.82, 2.24) is 9.97 Å². The van der Waals surface area contributed by atoms with Crippen molar-refractivity contribution in [3.05, 3.63) is 35.5 Å². The van der Waals surface area contributed by atoms with E-state index in [1.807, 2.05) is 0 Å². The number of halogens is 3. The fourth-order valence-electron chi connectivity index (χ4n) is 1.87. The first kappa shape index (κ1) is 16.5. The molecule has 6 nitrogen and oxygen atoms in total. The standard InChI is InChI=1S/C14H15F3N6/c1-19-6-8-5-9(3-4-11(8)18)22-13-21-7-10(14(15,16)17)12(20-2)23-13/h3-7H,18H2,1-2H3,(H2,20,21,22,23). The lowest BCUT2D eigenvalue weighted by Gasteiger charge is -2.13. The molecule has 9 heteroatoms. The molecule has 1 aromatic heterocycles. The second-order valence-corrected chi connectivity index (χ2v) is 4.56. The Bertz CT molecular complexity index is 727. The number of aromatic nitrogens is 2. The summed E-state index contributed by atoms with van der Waals surface area (Å²) in [6.45, 7) is 0. The first-order valence-corrected chi connectivity index (χ1v) is 6.56. The van der Waals surface area contributed by atoms with E-state index in [1.165, 1.54) is 7.05 Å². The minimum absolute atomic E-state index is 0.0338. The molecule has 0 atom stereocenters. The molecule has 0 aliphatic carbocycles. The fourth-order valence-corrected chi connectivity index (χ4v) is 1.87. The van der Waals surface area contributed by atoms with Crippen LogP contribution in [0.1, 0.15) is 11.1 Å². The zero-order valence-corrected chi connectivity index (χ0v) is 12.4. The second kappa shape index (κ2) is 6.51. The van der Waals surface area contributed by atoms with Crippen LogP contribution in [0.5, 0.6) is 0 Å². The molecule has 23 heavy (non-hydrogen) atoms. The number of hydrogen-bond acceptors (Lipinski definition) is 6. The van der Waals surface area contributed by atoms with E-state index in [1.54, 1.807) is 31.5 Å². The summed E-state index contributed by atoms with van der Waals surface area (Å²) < 4.78 is 38.4. The number of alkyl halides is 3. The van der Waals surface area contributed by atoms with Crippen molar-refractivity contribution in [2.45, 2.75) is 6.18 Å². The molecule has 0 saturated carbocycles. The minimum atomic E-state index is -4.52. The molecule has 0 aliphatic rings. The Balaban J connectivity index is 2.32. The van der Waals surface area contributed by atoms with Crippen molar-refractivity contribution in [3.63, 3.8) is 0 Å². The number of benzene rings is 1. The number of nitrogens with one attached hydrogen (secondary N) is 2. The van der Waals surface area contributed by atoms with Crippen molar-refractivity contribution >= 4 is 29.4 Å². The summed E-state index contributed by atoms with van der Waals surface area (Å²) >= 11 is 0. The predicted molar refractivity (Wildman–Crippen MR) is 84.2 cm³/mol. The largest absolute Gasteiger partial charge is 0.421 e. The average Bonchev–Trinajstić information content (AvgIpc) is 2.49. The van der Waals surface area contributed by atoms with E-state index in [4.69, 9.17) is 5.73 Å². The van der Waals surface area contributed by atoms with Crippen LogP contribution in [0, 0.1) is 0 Å². The first-order valence-electron chi connectivity index (χ1n) is 6.56. The highest BCUT2D eigenvalue weighted by atomic mass is 19.4. The van der Waals surface area contributed by atoms with Crippen molar-refractivity contribution in [2.75, 3.05) is 30.5 Å². The van der Waals surface area contributed by atoms with Crippen LogP contribution in [-0.4, -0.2) is 30.3 Å². The third-order valence-electron chi connectivity index (χ3n) is 2.94. The van der Waals surface area contributed by atoms with Gasteiger partial charge < -0.3 is 16.4 Å². The smallest absolute Gasteiger partial charge is 0.398 e. The Morgan fingerprint density at radius 1 is 1.30 bits per heavy atom. The van der Waals surface area contributed by atoms with E-state index >= 15 is 0 Å². The molecule has 0 unspecified atom stereocenters. The Morgan fingerprint density at radius 3 is 2.65 bits per heavy atom. The van der Waals surface area contributed by atoms with Gasteiger partial charge in [-0.1, -0.05) is 0 Å². The molecule has 0 fully saturated rings. The SMILES string of the molecule is CN=Cc1cc(Nc2ncc(C(F)(F)F)c(NC)n2)ccc1N. The number of rotatable bonds is 4. The summed E-state index contributed by atoms with van der Waals surface area (Å²) in [5.41, 5.74) is 6.66. The van der Waals surface area contributed by atoms with Gasteiger partial charge in [0.25, 0.3) is 0 Å². The lowest BCUT2D eigenvalue weighted by molar-refractivity contribution is -0.137. The molecule has 2 rings (SSSR count). The molecule has 0 amide bonds. The zero-order chi connectivity index (χ0) is 17.0. The van der Waals surface area contributed by atoms with Gasteiger partial charge in [0.2, 0.25) is 5.95 Å². The molecule has 1 heterocycles. The maximum Gasteiger partial charge on any atom is 0.421 e. The molecular weight excluding hydrogens is 309 g/mol. The van der Waals surface area contributed by atoms with E-state index in [2.05, 4.69) is 25.6 Å². The lowest BCUT2D eigenvalue weighted by atomic mass is 10.2. The van der Waals surface area contributed by atoms with Crippen LogP contribution in [-0.2, 0) is 6.18 Å². The van der Waals surface area contributed by atoms with Gasteiger partial charge in [0.15, 0.2) is 0 Å². The van der Waals surface area contributed by atoms with Gasteiger partial charge in [0, 0.05) is 43.4 Å². The van der Waals surface area contributed by atoms with Crippen molar-refractivity contribution in [3.8, 4) is 0 Å². The van der Waals surface area contributed by atoms with Crippen LogP contribution >= 0.6 is 0 Å². The van der Waals surface area contributed by atoms with Gasteiger partial charge in [-0.15, -0.1) is 0 Å². The van der Waals surface area contributed by atoms with Gasteiger partial charge in [-0.2, -0.15) is 18.2 Å². The summed E-state index contributed by atoms with van der Waals surface area (Å²) in [6, 6.07) is 5.02. The highest BCUT2D eigenvalue weighted by Crippen LogP contribution is 2.33. The van der Waals surface area contributed by atoms with Crippen LogP contribution in [0.15, 0.2) is 29.4 Å². The Hall–Kier alpha value is -2.84. The van der Waals surface area contributed by atoms with Crippen LogP contribution in [0.4, 0.5) is 36.3 Å². The Labute approximate surface area is 130 Å². The van der Waals surface area contributed by atoms with Gasteiger partial charge in [0.05, 0.1) is 0 Å². The number of nitrogen functional groups attached to an aromatic ring is 1. The quantitative estimate of drug-likeness (QED) is 0.594. The Kier molecular flexibility index (Phi) is 4.68. The van der Waals surface area contributed by atoms with Crippen LogP contribution in [0.2, 0.25) is 0 Å². The molecule has 2 aromatic rings. The highest BCUT2D eigenvalue weighted by Gasteiger charge is 2.35. The normalized spacial score (nSPS) is 11.7. The molecule has 1 aromatic carbocycles. The van der Waals surface area contributed by atoms with Gasteiger partial charge in [-0.3, -0.25) is 4.99 Å². The third-order valence-corrected chi connectivity index (χ3v) is 2.94. The van der Waals surface area contributed by atoms with E-state index in [0.29, 0.717) is 16.9 Å². The fraction of sp³-hybridized carbons (Fsp3) is 0.214. The maximum absolute atomic E-state index is 12.8. The van der Waals surface area contributed by atoms with Crippen molar-refractivity contribution in [1.29, 1.82) is 0 Å². The van der Waals surface area contributed by atoms with Gasteiger partial charge in [-0.25, -0.2) is 4.98 Å². The number of hydrogen-bond donors (Lipinski definition) is 3. The van der Waals surface area contributed by atoms with E-state index in [9.17, 15) is 13.2 Å². The minimum Gasteiger partial charge on any atom is -0.398 e. The summed E-state index contributed by atoms with van der Waals surface area (Å²) in [5, 5.41) is 5.25. The maximum atomic E-state index is 12.8. The zero-order valence-electron chi connectivity index (χ0n) is 12.4. The number of aliphatic imine (C=N–C) groups is 1. The molecule has 0 bridgehead atoms. The van der Waals surface area contributed by atoms with Crippen molar-refractivity contribution < 1.29 is 13.2 Å². The predicted octanol–water partition coefficient (Wildman–Crippen LogP) is 2.91. The van der Waals surface area contributed by atoms with Crippen LogP contribution in [0.3, 0.4) is 0 Å². The molecular formula is C14H15F3N6. The molecule has 4 N–H and O–H groups in total. The molecule has 0 saturated heterocycles.